The molecule has 0 bridgehead atoms. The van der Waals surface area contributed by atoms with Crippen LogP contribution in [-0.2, 0) is 63.8 Å². The number of aryl methyl sites for hydroxylation is 2. The molecule has 1 aliphatic heterocycles. The molecule has 7 rings (SSSR count). The highest BCUT2D eigenvalue weighted by Gasteiger charge is 2.57. The highest BCUT2D eigenvalue weighted by Crippen LogP contribution is 2.44. The van der Waals surface area contributed by atoms with E-state index in [1.54, 1.807) is 7.11 Å². The van der Waals surface area contributed by atoms with Crippen molar-refractivity contribution >= 4 is 0 Å². The van der Waals surface area contributed by atoms with Crippen molar-refractivity contribution in [2.45, 2.75) is 82.6 Å². The topological polar surface area (TPSA) is 66.4 Å². The van der Waals surface area contributed by atoms with Crippen molar-refractivity contribution in [2.75, 3.05) is 7.11 Å². The molecule has 6 nitrogen and oxygen atoms in total. The highest BCUT2D eigenvalue weighted by molar-refractivity contribution is 5.43. The molecule has 1 aliphatic rings. The largest absolute Gasteiger partial charge is 0.496 e. The Labute approximate surface area is 331 Å². The van der Waals surface area contributed by atoms with Gasteiger partial charge < -0.3 is 28.8 Å². The predicted octanol–water partition coefficient (Wildman–Crippen LogP) is 9.78. The number of rotatable bonds is 17. The van der Waals surface area contributed by atoms with E-state index in [2.05, 4.69) is 55.5 Å². The van der Waals surface area contributed by atoms with Crippen LogP contribution < -0.4 is 4.74 Å². The van der Waals surface area contributed by atoms with Crippen LogP contribution in [0.5, 0.6) is 5.75 Å². The summed E-state index contributed by atoms with van der Waals surface area (Å²) in [5.74, 6) is -1.19. The number of methoxy groups -OCH3 is 1. The van der Waals surface area contributed by atoms with Crippen molar-refractivity contribution in [1.82, 2.24) is 0 Å². The van der Waals surface area contributed by atoms with E-state index in [4.69, 9.17) is 23.7 Å². The van der Waals surface area contributed by atoms with Crippen LogP contribution in [0.25, 0.3) is 0 Å². The quantitative estimate of drug-likeness (QED) is 0.100. The predicted molar refractivity (Wildman–Crippen MR) is 220 cm³/mol. The van der Waals surface area contributed by atoms with Gasteiger partial charge in [-0.15, -0.1) is 0 Å². The lowest BCUT2D eigenvalue weighted by atomic mass is 9.84. The van der Waals surface area contributed by atoms with Crippen molar-refractivity contribution in [3.63, 3.8) is 0 Å². The molecule has 288 valence electrons. The van der Waals surface area contributed by atoms with Crippen molar-refractivity contribution in [3.05, 3.63) is 208 Å². The van der Waals surface area contributed by atoms with E-state index in [-0.39, 0.29) is 6.61 Å². The Hall–Kier alpha value is -5.08. The first-order chi connectivity index (χ1) is 27.5. The van der Waals surface area contributed by atoms with Gasteiger partial charge in [0.25, 0.3) is 0 Å². The molecule has 0 spiro atoms. The molecule has 6 aromatic rings. The van der Waals surface area contributed by atoms with Gasteiger partial charge in [-0.05, 0) is 76.4 Å². The maximum Gasteiger partial charge on any atom is 0.222 e. The SMILES string of the molecule is CCc1ccc(Cc2cc(C3(O)O[C@H](CCc4ccccc4)[C@@H](OCc4ccccc4)[C@H](OCc4ccccc4)[C@H]3OCc3ccccc3)ccc2OC)cc1. The summed E-state index contributed by atoms with van der Waals surface area (Å²) in [7, 11) is 1.68. The van der Waals surface area contributed by atoms with E-state index in [0.29, 0.717) is 31.6 Å². The molecule has 56 heavy (non-hydrogen) atoms. The molecule has 1 N–H and O–H groups in total. The number of benzene rings is 6. The smallest absolute Gasteiger partial charge is 0.222 e. The Bertz CT molecular complexity index is 2060. The first-order valence-electron chi connectivity index (χ1n) is 19.7. The molecular weight excluding hydrogens is 697 g/mol. The fourth-order valence-electron chi connectivity index (χ4n) is 7.52. The van der Waals surface area contributed by atoms with Crippen molar-refractivity contribution < 1.29 is 28.8 Å². The molecule has 0 radical (unpaired) electrons. The minimum atomic E-state index is -1.92. The molecule has 0 aliphatic carbocycles. The van der Waals surface area contributed by atoms with Gasteiger partial charge in [-0.2, -0.15) is 0 Å². The molecule has 5 atom stereocenters. The zero-order valence-electron chi connectivity index (χ0n) is 32.3. The molecule has 1 heterocycles. The molecule has 1 unspecified atom stereocenters. The van der Waals surface area contributed by atoms with Crippen LogP contribution >= 0.6 is 0 Å². The van der Waals surface area contributed by atoms with Gasteiger partial charge in [0.15, 0.2) is 0 Å². The summed E-state index contributed by atoms with van der Waals surface area (Å²) in [6.45, 7) is 3.03. The summed E-state index contributed by atoms with van der Waals surface area (Å²) in [6, 6.07) is 55.0. The normalized spacial score (nSPS) is 20.8. The van der Waals surface area contributed by atoms with Crippen LogP contribution in [0.15, 0.2) is 164 Å². The van der Waals surface area contributed by atoms with E-state index in [1.165, 1.54) is 11.1 Å². The maximum absolute atomic E-state index is 13.3. The van der Waals surface area contributed by atoms with Crippen LogP contribution in [0.2, 0.25) is 0 Å². The van der Waals surface area contributed by atoms with Crippen LogP contribution in [0.3, 0.4) is 0 Å². The number of hydrogen-bond acceptors (Lipinski definition) is 6. The minimum absolute atomic E-state index is 0.231. The Morgan fingerprint density at radius 3 is 1.59 bits per heavy atom. The summed E-state index contributed by atoms with van der Waals surface area (Å²) >= 11 is 0. The molecular formula is C50H52O6. The second-order valence-electron chi connectivity index (χ2n) is 14.5. The van der Waals surface area contributed by atoms with Crippen molar-refractivity contribution in [2.24, 2.45) is 0 Å². The first kappa shape index (κ1) is 39.2. The fourth-order valence-corrected chi connectivity index (χ4v) is 7.52. The van der Waals surface area contributed by atoms with E-state index >= 15 is 0 Å². The Kier molecular flexibility index (Phi) is 13.4. The van der Waals surface area contributed by atoms with E-state index in [9.17, 15) is 5.11 Å². The number of ether oxygens (including phenoxy) is 5. The molecule has 0 aromatic heterocycles. The Morgan fingerprint density at radius 1 is 0.554 bits per heavy atom. The van der Waals surface area contributed by atoms with Gasteiger partial charge in [0, 0.05) is 12.0 Å². The molecule has 6 heteroatoms. The lowest BCUT2D eigenvalue weighted by Gasteiger charge is -2.50. The third-order valence-electron chi connectivity index (χ3n) is 10.6. The zero-order valence-corrected chi connectivity index (χ0v) is 32.3. The van der Waals surface area contributed by atoms with Crippen LogP contribution in [0, 0.1) is 0 Å². The molecule has 6 aromatic carbocycles. The molecule has 0 amide bonds. The van der Waals surface area contributed by atoms with Gasteiger partial charge in [-0.25, -0.2) is 0 Å². The standard InChI is InChI=1S/C50H52O6/c1-3-37-24-26-39(27-25-37)32-43-33-44(29-31-45(43)52-2)50(51)49(55-36-42-22-14-7-15-23-42)48(54-35-41-20-12-6-13-21-41)47(53-34-40-18-10-5-11-19-40)46(56-50)30-28-38-16-8-4-9-17-38/h4-27,29,31,33,46-49,51H,3,28,30,32,34-36H2,1-2H3/t46-,47-,48+,49-,50?/m1/s1. The van der Waals surface area contributed by atoms with Gasteiger partial charge in [-0.1, -0.05) is 153 Å². The van der Waals surface area contributed by atoms with Gasteiger partial charge in [-0.3, -0.25) is 0 Å². The zero-order chi connectivity index (χ0) is 38.6. The Balaban J connectivity index is 1.31. The monoisotopic (exact) mass is 748 g/mol. The average molecular weight is 749 g/mol. The van der Waals surface area contributed by atoms with E-state index < -0.39 is 30.2 Å². The van der Waals surface area contributed by atoms with Gasteiger partial charge in [0.1, 0.15) is 24.1 Å². The van der Waals surface area contributed by atoms with Gasteiger partial charge >= 0.3 is 0 Å². The van der Waals surface area contributed by atoms with Crippen LogP contribution in [0.1, 0.15) is 57.9 Å². The summed E-state index contributed by atoms with van der Waals surface area (Å²) in [5, 5.41) is 13.3. The highest BCUT2D eigenvalue weighted by atomic mass is 16.7. The van der Waals surface area contributed by atoms with Gasteiger partial charge in [0.05, 0.1) is 33.0 Å². The number of hydrogen-bond donors (Lipinski definition) is 1. The Morgan fingerprint density at radius 2 is 1.05 bits per heavy atom. The maximum atomic E-state index is 13.3. The summed E-state index contributed by atoms with van der Waals surface area (Å²) in [6.07, 6.45) is 0.0279. The van der Waals surface area contributed by atoms with Crippen molar-refractivity contribution in [1.29, 1.82) is 0 Å². The average Bonchev–Trinajstić information content (AvgIpc) is 3.25. The van der Waals surface area contributed by atoms with E-state index in [1.807, 2.05) is 115 Å². The summed E-state index contributed by atoms with van der Waals surface area (Å²) < 4.78 is 33.6. The lowest BCUT2D eigenvalue weighted by Crippen LogP contribution is -2.65. The van der Waals surface area contributed by atoms with Crippen LogP contribution in [-0.4, -0.2) is 36.6 Å². The molecule has 1 fully saturated rings. The molecule has 1 saturated heterocycles. The lowest BCUT2D eigenvalue weighted by molar-refractivity contribution is -0.375. The first-order valence-corrected chi connectivity index (χ1v) is 19.7. The van der Waals surface area contributed by atoms with Crippen molar-refractivity contribution in [3.8, 4) is 5.75 Å². The van der Waals surface area contributed by atoms with Crippen LogP contribution in [0.4, 0.5) is 0 Å². The summed E-state index contributed by atoms with van der Waals surface area (Å²) in [5.41, 5.74) is 8.10. The van der Waals surface area contributed by atoms with E-state index in [0.717, 1.165) is 46.4 Å². The molecule has 0 saturated carbocycles. The number of aliphatic hydroxyl groups is 1. The third-order valence-corrected chi connectivity index (χ3v) is 10.6. The third kappa shape index (κ3) is 9.83. The second kappa shape index (κ2) is 19.2. The summed E-state index contributed by atoms with van der Waals surface area (Å²) in [4.78, 5) is 0. The van der Waals surface area contributed by atoms with Gasteiger partial charge in [0.2, 0.25) is 5.79 Å². The second-order valence-corrected chi connectivity index (χ2v) is 14.5. The minimum Gasteiger partial charge on any atom is -0.496 e. The fraction of sp³-hybridized carbons (Fsp3) is 0.280.